The fourth-order valence-corrected chi connectivity index (χ4v) is 3.70. The van der Waals surface area contributed by atoms with E-state index >= 15 is 0 Å². The zero-order chi connectivity index (χ0) is 18.8. The first-order valence-electron chi connectivity index (χ1n) is 9.19. The van der Waals surface area contributed by atoms with Crippen LogP contribution >= 0.6 is 0 Å². The quantitative estimate of drug-likeness (QED) is 0.686. The molecule has 0 saturated heterocycles. The van der Waals surface area contributed by atoms with Crippen LogP contribution in [0.5, 0.6) is 5.75 Å². The van der Waals surface area contributed by atoms with Gasteiger partial charge < -0.3 is 14.6 Å². The first-order valence-corrected chi connectivity index (χ1v) is 9.19. The van der Waals surface area contributed by atoms with Gasteiger partial charge in [0.25, 0.3) is 0 Å². The summed E-state index contributed by atoms with van der Waals surface area (Å²) in [6.45, 7) is 3.92. The Hall–Kier alpha value is -2.34. The van der Waals surface area contributed by atoms with Crippen LogP contribution in [-0.2, 0) is 24.2 Å². The van der Waals surface area contributed by atoms with Gasteiger partial charge in [-0.05, 0) is 49.3 Å². The highest BCUT2D eigenvalue weighted by Crippen LogP contribution is 2.32. The number of hydrogen-bond donors (Lipinski definition) is 3. The van der Waals surface area contributed by atoms with Crippen molar-refractivity contribution in [3.8, 4) is 5.75 Å². The molecule has 1 aliphatic rings. The van der Waals surface area contributed by atoms with E-state index in [1.54, 1.807) is 12.1 Å². The van der Waals surface area contributed by atoms with E-state index in [1.807, 2.05) is 13.8 Å². The number of carbonyl (C=O) groups is 1. The number of phenols is 1. The van der Waals surface area contributed by atoms with E-state index < -0.39 is 12.0 Å². The Morgan fingerprint density at radius 2 is 1.96 bits per heavy atom. The van der Waals surface area contributed by atoms with Crippen molar-refractivity contribution in [3.05, 3.63) is 39.2 Å². The van der Waals surface area contributed by atoms with E-state index in [0.29, 0.717) is 17.6 Å². The smallest absolute Gasteiger partial charge is 0.339 e. The molecule has 0 amide bonds. The van der Waals surface area contributed by atoms with Gasteiger partial charge in [-0.2, -0.15) is 0 Å². The largest absolute Gasteiger partial charge is 0.507 e. The number of aromatic hydroxyl groups is 1. The Morgan fingerprint density at radius 1 is 1.27 bits per heavy atom. The van der Waals surface area contributed by atoms with Crippen LogP contribution in [0.4, 0.5) is 0 Å². The minimum Gasteiger partial charge on any atom is -0.507 e. The van der Waals surface area contributed by atoms with Gasteiger partial charge in [-0.1, -0.05) is 20.3 Å². The zero-order valence-corrected chi connectivity index (χ0v) is 15.2. The van der Waals surface area contributed by atoms with Gasteiger partial charge >= 0.3 is 11.6 Å². The summed E-state index contributed by atoms with van der Waals surface area (Å²) in [5, 5.41) is 23.6. The summed E-state index contributed by atoms with van der Waals surface area (Å²) in [6, 6.07) is 2.64. The van der Waals surface area contributed by atoms with Crippen LogP contribution in [-0.4, -0.2) is 22.2 Å². The summed E-state index contributed by atoms with van der Waals surface area (Å²) in [5.74, 6) is -1.00. The highest BCUT2D eigenvalue weighted by atomic mass is 16.4. The standard InChI is InChI=1S/C20H25NO5/c1-3-11(2)17(19(23)24)21-10-15-16(22)9-8-13-12-6-4-5-7-14(12)20(25)26-18(13)15/h8-9,11,17,21-22H,3-7,10H2,1-2H3,(H,23,24)/t11-,17+/m0/s1. The second-order valence-electron chi connectivity index (χ2n) is 7.08. The number of phenolic OH excluding ortho intramolecular Hbond substituents is 1. The average Bonchev–Trinajstić information content (AvgIpc) is 2.63. The first kappa shape index (κ1) is 18.5. The maximum absolute atomic E-state index is 12.4. The van der Waals surface area contributed by atoms with Gasteiger partial charge in [0.05, 0.1) is 5.56 Å². The SMILES string of the molecule is CC[C@H](C)[C@@H](NCc1c(O)ccc2c3c(c(=O)oc12)CCCC3)C(=O)O. The highest BCUT2D eigenvalue weighted by Gasteiger charge is 2.25. The summed E-state index contributed by atoms with van der Waals surface area (Å²) < 4.78 is 5.55. The lowest BCUT2D eigenvalue weighted by atomic mass is 9.90. The molecule has 1 heterocycles. The molecule has 0 fully saturated rings. The lowest BCUT2D eigenvalue weighted by molar-refractivity contribution is -0.140. The topological polar surface area (TPSA) is 99.8 Å². The minimum atomic E-state index is -0.932. The molecule has 6 heteroatoms. The molecule has 1 aromatic heterocycles. The average molecular weight is 359 g/mol. The number of aryl methyl sites for hydroxylation is 1. The van der Waals surface area contributed by atoms with Crippen LogP contribution in [0.15, 0.2) is 21.3 Å². The van der Waals surface area contributed by atoms with Crippen molar-refractivity contribution in [1.82, 2.24) is 5.32 Å². The summed E-state index contributed by atoms with van der Waals surface area (Å²) >= 11 is 0. The van der Waals surface area contributed by atoms with Gasteiger partial charge in [-0.25, -0.2) is 4.79 Å². The third-order valence-electron chi connectivity index (χ3n) is 5.45. The van der Waals surface area contributed by atoms with Crippen molar-refractivity contribution in [1.29, 1.82) is 0 Å². The van der Waals surface area contributed by atoms with Crippen molar-refractivity contribution in [2.75, 3.05) is 0 Å². The Morgan fingerprint density at radius 3 is 2.62 bits per heavy atom. The van der Waals surface area contributed by atoms with E-state index in [9.17, 15) is 19.8 Å². The molecule has 2 aromatic rings. The molecule has 0 spiro atoms. The monoisotopic (exact) mass is 359 g/mol. The van der Waals surface area contributed by atoms with E-state index in [2.05, 4.69) is 5.32 Å². The number of aliphatic carboxylic acids is 1. The number of fused-ring (bicyclic) bond motifs is 3. The Kier molecular flexibility index (Phi) is 5.32. The van der Waals surface area contributed by atoms with Crippen LogP contribution < -0.4 is 10.9 Å². The molecular formula is C20H25NO5. The fourth-order valence-electron chi connectivity index (χ4n) is 3.70. The van der Waals surface area contributed by atoms with Gasteiger partial charge in [0.15, 0.2) is 0 Å². The second-order valence-corrected chi connectivity index (χ2v) is 7.08. The summed E-state index contributed by atoms with van der Waals surface area (Å²) in [4.78, 5) is 23.9. The molecule has 0 aliphatic heterocycles. The van der Waals surface area contributed by atoms with Crippen LogP contribution in [0.25, 0.3) is 11.0 Å². The van der Waals surface area contributed by atoms with Crippen molar-refractivity contribution < 1.29 is 19.4 Å². The van der Waals surface area contributed by atoms with E-state index in [-0.39, 0.29) is 23.8 Å². The van der Waals surface area contributed by atoms with E-state index in [4.69, 9.17) is 4.42 Å². The summed E-state index contributed by atoms with van der Waals surface area (Å²) in [7, 11) is 0. The molecule has 0 unspecified atom stereocenters. The molecule has 1 aliphatic carbocycles. The first-order chi connectivity index (χ1) is 12.4. The zero-order valence-electron chi connectivity index (χ0n) is 15.2. The molecule has 26 heavy (non-hydrogen) atoms. The number of carboxylic acids is 1. The highest BCUT2D eigenvalue weighted by molar-refractivity contribution is 5.86. The van der Waals surface area contributed by atoms with E-state index in [0.717, 1.165) is 42.2 Å². The number of rotatable bonds is 6. The van der Waals surface area contributed by atoms with Crippen LogP contribution in [0.2, 0.25) is 0 Å². The van der Waals surface area contributed by atoms with Gasteiger partial charge in [-0.15, -0.1) is 0 Å². The third kappa shape index (κ3) is 3.33. The van der Waals surface area contributed by atoms with Crippen LogP contribution in [0, 0.1) is 5.92 Å². The molecule has 0 saturated carbocycles. The van der Waals surface area contributed by atoms with Crippen LogP contribution in [0.1, 0.15) is 49.8 Å². The number of nitrogens with one attached hydrogen (secondary N) is 1. The van der Waals surface area contributed by atoms with Gasteiger partial charge in [0, 0.05) is 17.5 Å². The molecule has 3 rings (SSSR count). The van der Waals surface area contributed by atoms with Crippen molar-refractivity contribution >= 4 is 16.9 Å². The van der Waals surface area contributed by atoms with Crippen molar-refractivity contribution in [3.63, 3.8) is 0 Å². The molecule has 0 radical (unpaired) electrons. The lowest BCUT2D eigenvalue weighted by Gasteiger charge is -2.21. The van der Waals surface area contributed by atoms with Gasteiger partial charge in [-0.3, -0.25) is 10.1 Å². The molecule has 0 bridgehead atoms. The number of hydrogen-bond acceptors (Lipinski definition) is 5. The van der Waals surface area contributed by atoms with Crippen LogP contribution in [0.3, 0.4) is 0 Å². The minimum absolute atomic E-state index is 0.00259. The Balaban J connectivity index is 2.03. The van der Waals surface area contributed by atoms with Crippen molar-refractivity contribution in [2.24, 2.45) is 5.92 Å². The summed E-state index contributed by atoms with van der Waals surface area (Å²) in [6.07, 6.45) is 4.25. The summed E-state index contributed by atoms with van der Waals surface area (Å²) in [5.41, 5.74) is 2.17. The maximum Gasteiger partial charge on any atom is 0.339 e. The Labute approximate surface area is 151 Å². The Bertz CT molecular complexity index is 886. The molecule has 6 nitrogen and oxygen atoms in total. The molecule has 1 aromatic carbocycles. The van der Waals surface area contributed by atoms with Crippen molar-refractivity contribution in [2.45, 2.75) is 58.5 Å². The molecular weight excluding hydrogens is 334 g/mol. The second kappa shape index (κ2) is 7.50. The third-order valence-corrected chi connectivity index (χ3v) is 5.45. The van der Waals surface area contributed by atoms with E-state index in [1.165, 1.54) is 0 Å². The molecule has 3 N–H and O–H groups in total. The normalized spacial score (nSPS) is 16.2. The molecule has 140 valence electrons. The maximum atomic E-state index is 12.4. The lowest BCUT2D eigenvalue weighted by Crippen LogP contribution is -2.41. The predicted octanol–water partition coefficient (Wildman–Crippen LogP) is 2.97. The number of benzene rings is 1. The van der Waals surface area contributed by atoms with Gasteiger partial charge in [0.1, 0.15) is 17.4 Å². The van der Waals surface area contributed by atoms with Gasteiger partial charge in [0.2, 0.25) is 0 Å². The fraction of sp³-hybridized carbons (Fsp3) is 0.500. The number of carboxylic acid groups (broad SMARTS) is 1. The predicted molar refractivity (Wildman–Crippen MR) is 98.5 cm³/mol. The molecule has 2 atom stereocenters.